The Morgan fingerprint density at radius 2 is 2.04 bits per heavy atom. The molecule has 6 nitrogen and oxygen atoms in total. The van der Waals surface area contributed by atoms with Crippen molar-refractivity contribution in [2.24, 2.45) is 0 Å². The summed E-state index contributed by atoms with van der Waals surface area (Å²) in [6, 6.07) is 1.32. The molecule has 4 heterocycles. The van der Waals surface area contributed by atoms with Gasteiger partial charge in [-0.3, -0.25) is 9.78 Å². The summed E-state index contributed by atoms with van der Waals surface area (Å²) < 4.78 is 16.2. The Morgan fingerprint density at radius 3 is 2.92 bits per heavy atom. The maximum atomic E-state index is 14.0. The lowest BCUT2D eigenvalue weighted by Gasteiger charge is -2.35. The molecule has 4 rings (SSSR count). The molecule has 1 saturated heterocycles. The number of carbonyl (C=O) groups is 1. The number of carbonyl (C=O) groups excluding carboxylic acids is 1. The highest BCUT2D eigenvalue weighted by Gasteiger charge is 2.34. The zero-order valence-corrected chi connectivity index (χ0v) is 13.5. The number of aromatic nitrogens is 4. The Bertz CT molecular complexity index is 759. The lowest BCUT2D eigenvalue weighted by atomic mass is 9.99. The van der Waals surface area contributed by atoms with Crippen LogP contribution < -0.4 is 0 Å². The zero-order valence-electron chi connectivity index (χ0n) is 13.5. The Morgan fingerprint density at radius 1 is 1.17 bits per heavy atom. The van der Waals surface area contributed by atoms with Crippen molar-refractivity contribution in [2.75, 3.05) is 6.54 Å². The standard InChI is InChI=1S/C17H20FN5O/c18-13-11-19-8-7-12(13)17(24)22-9-3-1-5-14(22)16-21-20-15-6-2-4-10-23(15)16/h7-8,11,14H,1-6,9-10H2. The molecule has 0 radical (unpaired) electrons. The maximum Gasteiger partial charge on any atom is 0.257 e. The highest BCUT2D eigenvalue weighted by Crippen LogP contribution is 2.32. The number of nitrogens with zero attached hydrogens (tertiary/aromatic N) is 5. The number of aryl methyl sites for hydroxylation is 1. The van der Waals surface area contributed by atoms with E-state index in [1.165, 1.54) is 12.3 Å². The summed E-state index contributed by atoms with van der Waals surface area (Å²) in [7, 11) is 0. The number of fused-ring (bicyclic) bond motifs is 1. The van der Waals surface area contributed by atoms with E-state index in [2.05, 4.69) is 19.7 Å². The minimum absolute atomic E-state index is 0.0790. The monoisotopic (exact) mass is 329 g/mol. The van der Waals surface area contributed by atoms with Crippen molar-refractivity contribution in [3.63, 3.8) is 0 Å². The largest absolute Gasteiger partial charge is 0.328 e. The smallest absolute Gasteiger partial charge is 0.257 e. The average molecular weight is 329 g/mol. The van der Waals surface area contributed by atoms with Crippen LogP contribution in [0, 0.1) is 5.82 Å². The lowest BCUT2D eigenvalue weighted by molar-refractivity contribution is 0.0588. The molecule has 2 aliphatic heterocycles. The van der Waals surface area contributed by atoms with Gasteiger partial charge in [0.15, 0.2) is 11.6 Å². The van der Waals surface area contributed by atoms with Crippen molar-refractivity contribution in [3.8, 4) is 0 Å². The van der Waals surface area contributed by atoms with Crippen molar-refractivity contribution in [2.45, 2.75) is 51.1 Å². The van der Waals surface area contributed by atoms with Gasteiger partial charge in [-0.05, 0) is 38.2 Å². The van der Waals surface area contributed by atoms with Crippen LogP contribution >= 0.6 is 0 Å². The van der Waals surface area contributed by atoms with Crippen molar-refractivity contribution in [1.82, 2.24) is 24.6 Å². The quantitative estimate of drug-likeness (QED) is 0.849. The van der Waals surface area contributed by atoms with Gasteiger partial charge in [-0.2, -0.15) is 0 Å². The molecular formula is C17H20FN5O. The van der Waals surface area contributed by atoms with Crippen molar-refractivity contribution < 1.29 is 9.18 Å². The molecule has 1 atom stereocenters. The summed E-state index contributed by atoms with van der Waals surface area (Å²) in [6.45, 7) is 1.52. The molecule has 7 heteroatoms. The molecule has 2 aromatic heterocycles. The highest BCUT2D eigenvalue weighted by molar-refractivity contribution is 5.94. The van der Waals surface area contributed by atoms with E-state index in [1.54, 1.807) is 4.90 Å². The van der Waals surface area contributed by atoms with Crippen LogP contribution in [0.2, 0.25) is 0 Å². The summed E-state index contributed by atoms with van der Waals surface area (Å²) in [5, 5.41) is 8.69. The molecule has 1 unspecified atom stereocenters. The first kappa shape index (κ1) is 15.2. The van der Waals surface area contributed by atoms with Gasteiger partial charge in [-0.25, -0.2) is 4.39 Å². The van der Waals surface area contributed by atoms with Gasteiger partial charge < -0.3 is 9.47 Å². The molecular weight excluding hydrogens is 309 g/mol. The second kappa shape index (κ2) is 6.30. The van der Waals surface area contributed by atoms with Gasteiger partial charge in [0.25, 0.3) is 5.91 Å². The summed E-state index contributed by atoms with van der Waals surface area (Å²) in [4.78, 5) is 18.4. The van der Waals surface area contributed by atoms with E-state index in [4.69, 9.17) is 0 Å². The Kier molecular flexibility index (Phi) is 4.00. The summed E-state index contributed by atoms with van der Waals surface area (Å²) in [6.07, 6.45) is 8.53. The third kappa shape index (κ3) is 2.57. The second-order valence-corrected chi connectivity index (χ2v) is 6.45. The van der Waals surface area contributed by atoms with E-state index in [9.17, 15) is 9.18 Å². The number of pyridine rings is 1. The van der Waals surface area contributed by atoms with E-state index in [1.807, 2.05) is 0 Å². The fourth-order valence-corrected chi connectivity index (χ4v) is 3.72. The number of likely N-dealkylation sites (tertiary alicyclic amines) is 1. The van der Waals surface area contributed by atoms with Crippen LogP contribution in [-0.2, 0) is 13.0 Å². The fourth-order valence-electron chi connectivity index (χ4n) is 3.72. The number of piperidine rings is 1. The maximum absolute atomic E-state index is 14.0. The molecule has 24 heavy (non-hydrogen) atoms. The van der Waals surface area contributed by atoms with Crippen LogP contribution in [0.25, 0.3) is 0 Å². The van der Waals surface area contributed by atoms with Crippen molar-refractivity contribution >= 4 is 5.91 Å². The van der Waals surface area contributed by atoms with E-state index in [-0.39, 0.29) is 17.5 Å². The van der Waals surface area contributed by atoms with Crippen molar-refractivity contribution in [3.05, 3.63) is 41.5 Å². The Balaban J connectivity index is 1.68. The number of amides is 1. The lowest BCUT2D eigenvalue weighted by Crippen LogP contribution is -2.40. The van der Waals surface area contributed by atoms with E-state index in [0.29, 0.717) is 6.54 Å². The predicted octanol–water partition coefficient (Wildman–Crippen LogP) is 2.52. The molecule has 1 amide bonds. The molecule has 126 valence electrons. The van der Waals surface area contributed by atoms with Gasteiger partial charge >= 0.3 is 0 Å². The number of hydrogen-bond acceptors (Lipinski definition) is 4. The number of halogens is 1. The predicted molar refractivity (Wildman–Crippen MR) is 84.8 cm³/mol. The average Bonchev–Trinajstić information content (AvgIpc) is 3.05. The number of rotatable bonds is 2. The van der Waals surface area contributed by atoms with Crippen LogP contribution in [0.4, 0.5) is 4.39 Å². The molecule has 0 spiro atoms. The zero-order chi connectivity index (χ0) is 16.5. The normalized spacial score (nSPS) is 20.7. The molecule has 2 aromatic rings. The SMILES string of the molecule is O=C(c1ccncc1F)N1CCCCC1c1nnc2n1CCCC2. The topological polar surface area (TPSA) is 63.9 Å². The minimum Gasteiger partial charge on any atom is -0.328 e. The molecule has 0 aliphatic carbocycles. The van der Waals surface area contributed by atoms with Gasteiger partial charge in [0, 0.05) is 25.7 Å². The van der Waals surface area contributed by atoms with Gasteiger partial charge in [0.2, 0.25) is 0 Å². The van der Waals surface area contributed by atoms with E-state index in [0.717, 1.165) is 62.9 Å². The molecule has 0 aromatic carbocycles. The van der Waals surface area contributed by atoms with Gasteiger partial charge in [0.1, 0.15) is 5.82 Å². The minimum atomic E-state index is -0.574. The molecule has 0 saturated carbocycles. The van der Waals surface area contributed by atoms with Crippen LogP contribution in [-0.4, -0.2) is 37.1 Å². The number of hydrogen-bond donors (Lipinski definition) is 0. The van der Waals surface area contributed by atoms with Crippen LogP contribution in [0.5, 0.6) is 0 Å². The molecule has 1 fully saturated rings. The first-order valence-corrected chi connectivity index (χ1v) is 8.58. The molecule has 0 N–H and O–H groups in total. The summed E-state index contributed by atoms with van der Waals surface area (Å²) in [5.74, 6) is 0.999. The van der Waals surface area contributed by atoms with Crippen LogP contribution in [0.3, 0.4) is 0 Å². The first-order valence-electron chi connectivity index (χ1n) is 8.58. The van der Waals surface area contributed by atoms with Crippen LogP contribution in [0.1, 0.15) is 60.2 Å². The van der Waals surface area contributed by atoms with E-state index < -0.39 is 5.82 Å². The Hall–Kier alpha value is -2.31. The van der Waals surface area contributed by atoms with E-state index >= 15 is 0 Å². The van der Waals surface area contributed by atoms with Gasteiger partial charge in [-0.15, -0.1) is 10.2 Å². The summed E-state index contributed by atoms with van der Waals surface area (Å²) in [5.41, 5.74) is 0.0790. The third-order valence-corrected chi connectivity index (χ3v) is 4.95. The fraction of sp³-hybridized carbons (Fsp3) is 0.529. The van der Waals surface area contributed by atoms with Gasteiger partial charge in [0.05, 0.1) is 17.8 Å². The van der Waals surface area contributed by atoms with Crippen molar-refractivity contribution in [1.29, 1.82) is 0 Å². The second-order valence-electron chi connectivity index (χ2n) is 6.45. The van der Waals surface area contributed by atoms with Gasteiger partial charge in [-0.1, -0.05) is 0 Å². The molecule has 2 aliphatic rings. The summed E-state index contributed by atoms with van der Waals surface area (Å²) >= 11 is 0. The first-order chi connectivity index (χ1) is 11.8. The third-order valence-electron chi connectivity index (χ3n) is 4.95. The highest BCUT2D eigenvalue weighted by atomic mass is 19.1. The molecule has 0 bridgehead atoms. The Labute approximate surface area is 139 Å². The van der Waals surface area contributed by atoms with Crippen LogP contribution in [0.15, 0.2) is 18.5 Å².